The minimum absolute atomic E-state index is 0.0218. The van der Waals surface area contributed by atoms with Crippen molar-refractivity contribution in [2.45, 2.75) is 56.3 Å². The van der Waals surface area contributed by atoms with Crippen LogP contribution >= 0.6 is 0 Å². The van der Waals surface area contributed by atoms with Gasteiger partial charge in [-0.05, 0) is 6.92 Å². The number of aliphatic hydroxyl groups excluding tert-OH is 3. The molecule has 2 aliphatic rings. The van der Waals surface area contributed by atoms with E-state index in [4.69, 9.17) is 14.2 Å². The molecule has 7 atom stereocenters. The number of aromatic amines is 2. The molecule has 2 aromatic rings. The highest BCUT2D eigenvalue weighted by atomic mass is 16.6. The van der Waals surface area contributed by atoms with Gasteiger partial charge in [0.25, 0.3) is 11.1 Å². The fourth-order valence-electron chi connectivity index (χ4n) is 3.79. The number of carbonyl (C=O) groups is 1. The second-order valence-corrected chi connectivity index (χ2v) is 7.99. The van der Waals surface area contributed by atoms with Gasteiger partial charge in [0.05, 0.1) is 6.10 Å². The van der Waals surface area contributed by atoms with E-state index >= 15 is 0 Å². The average molecular weight is 482 g/mol. The third-order valence-corrected chi connectivity index (χ3v) is 5.65. The topological polar surface area (TPSA) is 215 Å². The Balaban J connectivity index is 1.40. The van der Waals surface area contributed by atoms with Crippen molar-refractivity contribution in [3.8, 4) is 0 Å². The summed E-state index contributed by atoms with van der Waals surface area (Å²) < 4.78 is 17.9. The number of hydrogen-bond acceptors (Lipinski definition) is 11. The van der Waals surface area contributed by atoms with E-state index in [9.17, 15) is 39.3 Å². The Labute approximate surface area is 188 Å². The number of esters is 1. The molecule has 4 heterocycles. The summed E-state index contributed by atoms with van der Waals surface area (Å²) in [6.07, 6.45) is -7.34. The van der Waals surface area contributed by atoms with Crippen LogP contribution in [0.3, 0.4) is 0 Å². The number of carbonyl (C=O) groups excluding carboxylic acids is 1. The van der Waals surface area contributed by atoms with Gasteiger partial charge in [0.1, 0.15) is 31.1 Å². The molecule has 2 saturated heterocycles. The Morgan fingerprint density at radius 3 is 2.50 bits per heavy atom. The van der Waals surface area contributed by atoms with E-state index in [2.05, 4.69) is 4.98 Å². The Hall–Kier alpha value is -3.37. The smallest absolute Gasteiger partial charge is 0.338 e. The number of aromatic nitrogens is 4. The number of nitrogens with zero attached hydrogens (tertiary/aromatic N) is 2. The Bertz CT molecular complexity index is 1310. The number of nitrogens with one attached hydrogen (secondary N) is 2. The maximum absolute atomic E-state index is 12.5. The van der Waals surface area contributed by atoms with E-state index < -0.39 is 78.0 Å². The molecular weight excluding hydrogens is 460 g/mol. The second-order valence-electron chi connectivity index (χ2n) is 7.99. The third-order valence-electron chi connectivity index (χ3n) is 5.65. The van der Waals surface area contributed by atoms with Crippen LogP contribution in [-0.2, 0) is 19.0 Å². The minimum atomic E-state index is -1.75. The molecule has 0 bridgehead atoms. The molecule has 184 valence electrons. The molecule has 15 heteroatoms. The lowest BCUT2D eigenvalue weighted by atomic mass is 10.1. The molecule has 0 aromatic carbocycles. The number of H-pyrrole nitrogens is 2. The molecule has 0 saturated carbocycles. The van der Waals surface area contributed by atoms with Crippen LogP contribution < -0.4 is 22.5 Å². The summed E-state index contributed by atoms with van der Waals surface area (Å²) in [4.78, 5) is 63.3. The van der Waals surface area contributed by atoms with Crippen molar-refractivity contribution in [3.63, 3.8) is 0 Å². The van der Waals surface area contributed by atoms with E-state index in [1.807, 2.05) is 4.98 Å². The second kappa shape index (κ2) is 9.11. The van der Waals surface area contributed by atoms with Crippen molar-refractivity contribution in [2.24, 2.45) is 0 Å². The summed E-state index contributed by atoms with van der Waals surface area (Å²) in [7, 11) is 0. The van der Waals surface area contributed by atoms with Gasteiger partial charge in [-0.2, -0.15) is 0 Å². The van der Waals surface area contributed by atoms with Crippen LogP contribution in [0, 0.1) is 6.92 Å². The largest absolute Gasteiger partial charge is 0.461 e. The lowest BCUT2D eigenvalue weighted by Crippen LogP contribution is -2.39. The van der Waals surface area contributed by atoms with Crippen LogP contribution in [0.4, 0.5) is 0 Å². The number of aliphatic hydroxyl groups is 3. The van der Waals surface area contributed by atoms with Crippen molar-refractivity contribution in [2.75, 3.05) is 6.61 Å². The molecule has 5 N–H and O–H groups in total. The summed E-state index contributed by atoms with van der Waals surface area (Å²) in [5, 5.41) is 30.7. The molecule has 0 amide bonds. The van der Waals surface area contributed by atoms with Gasteiger partial charge in [-0.15, -0.1) is 0 Å². The van der Waals surface area contributed by atoms with Gasteiger partial charge in [-0.25, -0.2) is 14.4 Å². The third kappa shape index (κ3) is 4.38. The van der Waals surface area contributed by atoms with Crippen molar-refractivity contribution in [3.05, 3.63) is 65.7 Å². The van der Waals surface area contributed by atoms with Crippen molar-refractivity contribution in [1.82, 2.24) is 19.1 Å². The standard InChI is InChI=1S/C19H22N4O11/c1-7-5-23(19(31)21-15(7)28)11-4-8(24)9(33-11)6-32-17(29)14-12(26)13(27)16(34-14)22-3-2-10(25)20-18(22)30/h2-3,5,8-9,11-14,16,24,26-27H,4,6H2,1H3,(H,20,25,30)(H,21,28,31)/t8-,9+,11+,12-,13+,14-,16+/m0/s1. The first-order valence-corrected chi connectivity index (χ1v) is 10.2. The van der Waals surface area contributed by atoms with Crippen molar-refractivity contribution in [1.29, 1.82) is 0 Å². The highest BCUT2D eigenvalue weighted by molar-refractivity contribution is 5.76. The van der Waals surface area contributed by atoms with Crippen LogP contribution in [0.25, 0.3) is 0 Å². The van der Waals surface area contributed by atoms with E-state index in [0.29, 0.717) is 0 Å². The van der Waals surface area contributed by atoms with E-state index in [-0.39, 0.29) is 12.0 Å². The molecule has 34 heavy (non-hydrogen) atoms. The van der Waals surface area contributed by atoms with Crippen LogP contribution in [0.1, 0.15) is 24.4 Å². The fraction of sp³-hybridized carbons (Fsp3) is 0.526. The van der Waals surface area contributed by atoms with E-state index in [0.717, 1.165) is 21.4 Å². The number of hydrogen-bond donors (Lipinski definition) is 5. The van der Waals surface area contributed by atoms with Crippen LogP contribution in [0.5, 0.6) is 0 Å². The lowest BCUT2D eigenvalue weighted by Gasteiger charge is -2.18. The Morgan fingerprint density at radius 2 is 1.79 bits per heavy atom. The predicted molar refractivity (Wildman–Crippen MR) is 109 cm³/mol. The molecular formula is C19H22N4O11. The highest BCUT2D eigenvalue weighted by Crippen LogP contribution is 2.30. The maximum Gasteiger partial charge on any atom is 0.338 e. The summed E-state index contributed by atoms with van der Waals surface area (Å²) in [6.45, 7) is 1.02. The summed E-state index contributed by atoms with van der Waals surface area (Å²) in [5.41, 5.74) is -2.62. The molecule has 0 aliphatic carbocycles. The van der Waals surface area contributed by atoms with Crippen molar-refractivity contribution >= 4 is 5.97 Å². The lowest BCUT2D eigenvalue weighted by molar-refractivity contribution is -0.168. The zero-order chi connectivity index (χ0) is 24.7. The Morgan fingerprint density at radius 1 is 1.09 bits per heavy atom. The molecule has 0 radical (unpaired) electrons. The average Bonchev–Trinajstić information content (AvgIpc) is 3.29. The minimum Gasteiger partial charge on any atom is -0.461 e. The summed E-state index contributed by atoms with van der Waals surface area (Å²) in [5.74, 6) is -1.09. The van der Waals surface area contributed by atoms with E-state index in [1.165, 1.54) is 13.1 Å². The number of ether oxygens (including phenoxy) is 3. The first kappa shape index (κ1) is 23.8. The van der Waals surface area contributed by atoms with Gasteiger partial charge in [0.2, 0.25) is 0 Å². The predicted octanol–water partition coefficient (Wildman–Crippen LogP) is -3.79. The summed E-state index contributed by atoms with van der Waals surface area (Å²) in [6, 6.07) is 1.000. The normalized spacial score (nSPS) is 31.0. The molecule has 0 spiro atoms. The van der Waals surface area contributed by atoms with Gasteiger partial charge < -0.3 is 29.5 Å². The van der Waals surface area contributed by atoms with Crippen LogP contribution in [-0.4, -0.2) is 77.5 Å². The molecule has 0 unspecified atom stereocenters. The monoisotopic (exact) mass is 482 g/mol. The van der Waals surface area contributed by atoms with Gasteiger partial charge in [-0.3, -0.25) is 28.7 Å². The van der Waals surface area contributed by atoms with Gasteiger partial charge in [-0.1, -0.05) is 0 Å². The quantitative estimate of drug-likeness (QED) is 0.260. The van der Waals surface area contributed by atoms with E-state index in [1.54, 1.807) is 0 Å². The highest BCUT2D eigenvalue weighted by Gasteiger charge is 2.49. The molecule has 2 aromatic heterocycles. The molecule has 2 fully saturated rings. The Kier molecular flexibility index (Phi) is 6.37. The zero-order valence-electron chi connectivity index (χ0n) is 17.7. The fourth-order valence-corrected chi connectivity index (χ4v) is 3.79. The zero-order valence-corrected chi connectivity index (χ0v) is 17.7. The van der Waals surface area contributed by atoms with Crippen molar-refractivity contribution < 1.29 is 34.3 Å². The van der Waals surface area contributed by atoms with Gasteiger partial charge in [0.15, 0.2) is 12.3 Å². The number of rotatable bonds is 5. The first-order chi connectivity index (χ1) is 16.1. The SMILES string of the molecule is Cc1cn([C@H]2C[C@H](O)[C@@H](COC(=O)[C@H]3O[C@@H](n4ccc(=O)[nH]c4=O)[C@H](O)[C@@H]3O)O2)c(=O)[nH]c1=O. The molecule has 2 aliphatic heterocycles. The van der Waals surface area contributed by atoms with Gasteiger partial charge >= 0.3 is 17.3 Å². The maximum atomic E-state index is 12.5. The van der Waals surface area contributed by atoms with Gasteiger partial charge in [0, 0.05) is 30.4 Å². The molecule has 4 rings (SSSR count). The first-order valence-electron chi connectivity index (χ1n) is 10.2. The van der Waals surface area contributed by atoms with Crippen LogP contribution in [0.2, 0.25) is 0 Å². The molecule has 15 nitrogen and oxygen atoms in total. The number of aryl methyl sites for hydroxylation is 1. The van der Waals surface area contributed by atoms with Crippen LogP contribution in [0.15, 0.2) is 37.6 Å². The summed E-state index contributed by atoms with van der Waals surface area (Å²) >= 11 is 0.